The molecule has 0 bridgehead atoms. The van der Waals surface area contributed by atoms with Crippen LogP contribution in [-0.2, 0) is 6.61 Å². The Bertz CT molecular complexity index is 872. The predicted molar refractivity (Wildman–Crippen MR) is 86.4 cm³/mol. The average molecular weight is 292 g/mol. The van der Waals surface area contributed by atoms with Crippen molar-refractivity contribution >= 4 is 16.8 Å². The van der Waals surface area contributed by atoms with Gasteiger partial charge in [0, 0.05) is 22.7 Å². The van der Waals surface area contributed by atoms with E-state index >= 15 is 0 Å². The van der Waals surface area contributed by atoms with Gasteiger partial charge in [-0.15, -0.1) is 0 Å². The normalized spacial score (nSPS) is 10.8. The molecule has 0 spiro atoms. The standard InChI is InChI=1S/C18H16N2O2/c1-11-6-13-7-12(10-21)8-16(17(13)20-9-11)14-4-2-3-5-15(14)18(19)22/h2-9,21H,10H2,1H3,(H2,19,22). The van der Waals surface area contributed by atoms with E-state index in [1.54, 1.807) is 18.3 Å². The number of amides is 1. The summed E-state index contributed by atoms with van der Waals surface area (Å²) in [4.78, 5) is 16.2. The number of hydrogen-bond acceptors (Lipinski definition) is 3. The van der Waals surface area contributed by atoms with Gasteiger partial charge < -0.3 is 10.8 Å². The highest BCUT2D eigenvalue weighted by atomic mass is 16.3. The molecule has 0 aliphatic rings. The highest BCUT2D eigenvalue weighted by Crippen LogP contribution is 2.31. The summed E-state index contributed by atoms with van der Waals surface area (Å²) in [5.41, 5.74) is 10.1. The third kappa shape index (κ3) is 2.44. The van der Waals surface area contributed by atoms with Crippen LogP contribution in [0.4, 0.5) is 0 Å². The first-order chi connectivity index (χ1) is 10.6. The maximum absolute atomic E-state index is 11.7. The minimum absolute atomic E-state index is 0.0738. The Morgan fingerprint density at radius 2 is 1.95 bits per heavy atom. The predicted octanol–water partition coefficient (Wildman–Crippen LogP) is 2.80. The third-order valence-corrected chi connectivity index (χ3v) is 3.64. The number of carbonyl (C=O) groups excluding carboxylic acids is 1. The van der Waals surface area contributed by atoms with Crippen LogP contribution in [-0.4, -0.2) is 16.0 Å². The number of primary amides is 1. The number of hydrogen-bond donors (Lipinski definition) is 2. The van der Waals surface area contributed by atoms with Crippen LogP contribution in [0.2, 0.25) is 0 Å². The summed E-state index contributed by atoms with van der Waals surface area (Å²) in [6.45, 7) is 1.89. The molecule has 0 atom stereocenters. The summed E-state index contributed by atoms with van der Waals surface area (Å²) in [6, 6.07) is 12.9. The van der Waals surface area contributed by atoms with Crippen molar-refractivity contribution in [2.45, 2.75) is 13.5 Å². The molecule has 4 heteroatoms. The molecular weight excluding hydrogens is 276 g/mol. The molecule has 2 aromatic carbocycles. The number of benzene rings is 2. The summed E-state index contributed by atoms with van der Waals surface area (Å²) in [7, 11) is 0. The van der Waals surface area contributed by atoms with Gasteiger partial charge in [0.05, 0.1) is 12.1 Å². The molecule has 0 aliphatic carbocycles. The van der Waals surface area contributed by atoms with E-state index in [1.165, 1.54) is 0 Å². The number of pyridine rings is 1. The maximum atomic E-state index is 11.7. The first kappa shape index (κ1) is 14.2. The molecule has 3 N–H and O–H groups in total. The second kappa shape index (κ2) is 5.58. The van der Waals surface area contributed by atoms with Crippen LogP contribution in [0.15, 0.2) is 48.7 Å². The molecule has 0 radical (unpaired) electrons. The van der Waals surface area contributed by atoms with Gasteiger partial charge in [-0.3, -0.25) is 9.78 Å². The van der Waals surface area contributed by atoms with Crippen molar-refractivity contribution in [3.63, 3.8) is 0 Å². The molecule has 1 amide bonds. The van der Waals surface area contributed by atoms with E-state index in [0.29, 0.717) is 5.56 Å². The van der Waals surface area contributed by atoms with Crippen LogP contribution < -0.4 is 5.73 Å². The van der Waals surface area contributed by atoms with E-state index in [4.69, 9.17) is 5.73 Å². The van der Waals surface area contributed by atoms with Crippen LogP contribution in [0.1, 0.15) is 21.5 Å². The zero-order valence-electron chi connectivity index (χ0n) is 12.2. The topological polar surface area (TPSA) is 76.2 Å². The molecule has 3 aromatic rings. The third-order valence-electron chi connectivity index (χ3n) is 3.64. The molecule has 0 fully saturated rings. The molecular formula is C18H16N2O2. The Morgan fingerprint density at radius 3 is 2.68 bits per heavy atom. The van der Waals surface area contributed by atoms with Gasteiger partial charge in [0.2, 0.25) is 5.91 Å². The lowest BCUT2D eigenvalue weighted by Crippen LogP contribution is -2.12. The van der Waals surface area contributed by atoms with Crippen LogP contribution in [0.3, 0.4) is 0 Å². The van der Waals surface area contributed by atoms with E-state index in [0.717, 1.165) is 33.2 Å². The van der Waals surface area contributed by atoms with Gasteiger partial charge in [-0.1, -0.05) is 18.2 Å². The van der Waals surface area contributed by atoms with Crippen LogP contribution >= 0.6 is 0 Å². The SMILES string of the molecule is Cc1cnc2c(-c3ccccc3C(N)=O)cc(CO)cc2c1. The summed E-state index contributed by atoms with van der Waals surface area (Å²) in [5.74, 6) is -0.481. The molecule has 0 saturated carbocycles. The zero-order valence-corrected chi connectivity index (χ0v) is 12.2. The number of carbonyl (C=O) groups is 1. The molecule has 3 rings (SSSR count). The van der Waals surface area contributed by atoms with Crippen molar-refractivity contribution in [3.8, 4) is 11.1 Å². The molecule has 1 heterocycles. The molecule has 0 saturated heterocycles. The monoisotopic (exact) mass is 292 g/mol. The number of rotatable bonds is 3. The first-order valence-corrected chi connectivity index (χ1v) is 6.99. The lowest BCUT2D eigenvalue weighted by Gasteiger charge is -2.12. The quantitative estimate of drug-likeness (QED) is 0.779. The summed E-state index contributed by atoms with van der Waals surface area (Å²) >= 11 is 0. The summed E-state index contributed by atoms with van der Waals surface area (Å²) < 4.78 is 0. The van der Waals surface area contributed by atoms with Gasteiger partial charge >= 0.3 is 0 Å². The van der Waals surface area contributed by atoms with Crippen molar-refractivity contribution in [2.24, 2.45) is 5.73 Å². The highest BCUT2D eigenvalue weighted by Gasteiger charge is 2.14. The van der Waals surface area contributed by atoms with Crippen molar-refractivity contribution in [1.82, 2.24) is 4.98 Å². The fraction of sp³-hybridized carbons (Fsp3) is 0.111. The maximum Gasteiger partial charge on any atom is 0.249 e. The van der Waals surface area contributed by atoms with Gasteiger partial charge in [0.25, 0.3) is 0 Å². The lowest BCUT2D eigenvalue weighted by molar-refractivity contribution is 0.100. The van der Waals surface area contributed by atoms with E-state index in [2.05, 4.69) is 4.98 Å². The number of nitrogens with zero attached hydrogens (tertiary/aromatic N) is 1. The number of aliphatic hydroxyl groups excluding tert-OH is 1. The van der Waals surface area contributed by atoms with Gasteiger partial charge in [-0.05, 0) is 47.9 Å². The Kier molecular flexibility index (Phi) is 3.61. The van der Waals surface area contributed by atoms with E-state index in [1.807, 2.05) is 37.3 Å². The molecule has 110 valence electrons. The van der Waals surface area contributed by atoms with E-state index in [-0.39, 0.29) is 6.61 Å². The van der Waals surface area contributed by atoms with E-state index in [9.17, 15) is 9.90 Å². The number of nitrogens with two attached hydrogens (primary N) is 1. The van der Waals surface area contributed by atoms with E-state index < -0.39 is 5.91 Å². The second-order valence-electron chi connectivity index (χ2n) is 5.30. The van der Waals surface area contributed by atoms with Crippen molar-refractivity contribution < 1.29 is 9.90 Å². The van der Waals surface area contributed by atoms with Gasteiger partial charge in [0.15, 0.2) is 0 Å². The lowest BCUT2D eigenvalue weighted by atomic mass is 9.94. The molecule has 0 aliphatic heterocycles. The Morgan fingerprint density at radius 1 is 1.18 bits per heavy atom. The Labute approximate surface area is 128 Å². The summed E-state index contributed by atoms with van der Waals surface area (Å²) in [5, 5.41) is 10.4. The smallest absolute Gasteiger partial charge is 0.249 e. The Hall–Kier alpha value is -2.72. The Balaban J connectivity index is 2.37. The largest absolute Gasteiger partial charge is 0.392 e. The molecule has 22 heavy (non-hydrogen) atoms. The van der Waals surface area contributed by atoms with Crippen molar-refractivity contribution in [1.29, 1.82) is 0 Å². The van der Waals surface area contributed by atoms with Crippen LogP contribution in [0.5, 0.6) is 0 Å². The highest BCUT2D eigenvalue weighted by molar-refractivity contribution is 6.04. The second-order valence-corrected chi connectivity index (χ2v) is 5.30. The number of fused-ring (bicyclic) bond motifs is 1. The molecule has 1 aromatic heterocycles. The molecule has 0 unspecified atom stereocenters. The van der Waals surface area contributed by atoms with Crippen molar-refractivity contribution in [3.05, 3.63) is 65.4 Å². The number of aryl methyl sites for hydroxylation is 1. The van der Waals surface area contributed by atoms with Gasteiger partial charge in [-0.2, -0.15) is 0 Å². The molecule has 4 nitrogen and oxygen atoms in total. The summed E-state index contributed by atoms with van der Waals surface area (Å²) in [6.07, 6.45) is 1.79. The minimum Gasteiger partial charge on any atom is -0.392 e. The number of aliphatic hydroxyl groups is 1. The van der Waals surface area contributed by atoms with Crippen LogP contribution in [0.25, 0.3) is 22.0 Å². The van der Waals surface area contributed by atoms with Crippen molar-refractivity contribution in [2.75, 3.05) is 0 Å². The van der Waals surface area contributed by atoms with Gasteiger partial charge in [0.1, 0.15) is 0 Å². The minimum atomic E-state index is -0.481. The number of aromatic nitrogens is 1. The zero-order chi connectivity index (χ0) is 15.7. The first-order valence-electron chi connectivity index (χ1n) is 6.99. The fourth-order valence-electron chi connectivity index (χ4n) is 2.65. The van der Waals surface area contributed by atoms with Gasteiger partial charge in [-0.25, -0.2) is 0 Å². The average Bonchev–Trinajstić information content (AvgIpc) is 2.53. The van der Waals surface area contributed by atoms with Crippen LogP contribution in [0, 0.1) is 6.92 Å². The fourth-order valence-corrected chi connectivity index (χ4v) is 2.65.